The Morgan fingerprint density at radius 3 is 2.16 bits per heavy atom. The first-order chi connectivity index (χ1) is 12.4. The third-order valence-electron chi connectivity index (χ3n) is 5.37. The molecule has 0 aromatic heterocycles. The Kier molecular flexibility index (Phi) is 5.29. The summed E-state index contributed by atoms with van der Waals surface area (Å²) in [5, 5.41) is 0. The number of rotatable bonds is 6. The van der Waals surface area contributed by atoms with E-state index in [9.17, 15) is 0 Å². The maximum atomic E-state index is 2.59. The van der Waals surface area contributed by atoms with Crippen molar-refractivity contribution in [1.82, 2.24) is 9.80 Å². The number of benzene rings is 2. The Bertz CT molecular complexity index is 678. The van der Waals surface area contributed by atoms with Crippen molar-refractivity contribution in [1.29, 1.82) is 0 Å². The van der Waals surface area contributed by atoms with E-state index in [0.717, 1.165) is 19.0 Å². The first kappa shape index (κ1) is 16.6. The van der Waals surface area contributed by atoms with E-state index in [-0.39, 0.29) is 0 Å². The molecule has 1 saturated heterocycles. The molecule has 0 atom stereocenters. The average Bonchev–Trinajstić information content (AvgIpc) is 3.50. The second-order valence-electron chi connectivity index (χ2n) is 7.41. The van der Waals surface area contributed by atoms with Crippen LogP contribution in [0.4, 0.5) is 0 Å². The second kappa shape index (κ2) is 7.99. The molecule has 0 N–H and O–H groups in total. The van der Waals surface area contributed by atoms with Crippen LogP contribution in [-0.2, 0) is 6.54 Å². The normalized spacial score (nSPS) is 19.5. The average molecular weight is 332 g/mol. The summed E-state index contributed by atoms with van der Waals surface area (Å²) in [5.41, 5.74) is 4.29. The summed E-state index contributed by atoms with van der Waals surface area (Å²) in [5.74, 6) is 0.863. The molecule has 1 aliphatic carbocycles. The van der Waals surface area contributed by atoms with E-state index in [0.29, 0.717) is 0 Å². The van der Waals surface area contributed by atoms with Crippen LogP contribution in [0.25, 0.3) is 6.08 Å². The lowest BCUT2D eigenvalue weighted by Crippen LogP contribution is -2.45. The summed E-state index contributed by atoms with van der Waals surface area (Å²) in [4.78, 5) is 5.13. The van der Waals surface area contributed by atoms with Gasteiger partial charge in [-0.3, -0.25) is 9.80 Å². The molecule has 2 aliphatic rings. The molecule has 0 bridgehead atoms. The molecular weight excluding hydrogens is 304 g/mol. The molecule has 2 aromatic rings. The largest absolute Gasteiger partial charge is 0.297 e. The highest BCUT2D eigenvalue weighted by molar-refractivity contribution is 5.48. The molecule has 4 rings (SSSR count). The van der Waals surface area contributed by atoms with Crippen molar-refractivity contribution in [2.45, 2.75) is 25.3 Å². The van der Waals surface area contributed by atoms with Crippen molar-refractivity contribution >= 4 is 6.08 Å². The van der Waals surface area contributed by atoms with Gasteiger partial charge in [0, 0.05) is 39.3 Å². The van der Waals surface area contributed by atoms with E-state index < -0.39 is 0 Å². The smallest absolute Gasteiger partial charge is 0.0234 e. The van der Waals surface area contributed by atoms with Crippen molar-refractivity contribution < 1.29 is 0 Å². The maximum absolute atomic E-state index is 2.59. The van der Waals surface area contributed by atoms with Gasteiger partial charge in [-0.05, 0) is 35.4 Å². The van der Waals surface area contributed by atoms with Crippen molar-refractivity contribution in [2.24, 2.45) is 0 Å². The Balaban J connectivity index is 1.20. The van der Waals surface area contributed by atoms with Gasteiger partial charge in [0.25, 0.3) is 0 Å². The van der Waals surface area contributed by atoms with E-state index in [1.807, 2.05) is 0 Å². The van der Waals surface area contributed by atoms with Crippen LogP contribution >= 0.6 is 0 Å². The minimum atomic E-state index is 0.863. The lowest BCUT2D eigenvalue weighted by molar-refractivity contribution is 0.137. The minimum Gasteiger partial charge on any atom is -0.297 e. The fourth-order valence-electron chi connectivity index (χ4n) is 3.60. The number of nitrogens with zero attached hydrogens (tertiary/aromatic N) is 2. The first-order valence-corrected chi connectivity index (χ1v) is 9.62. The maximum Gasteiger partial charge on any atom is 0.0234 e. The monoisotopic (exact) mass is 332 g/mol. The molecule has 2 heteroatoms. The van der Waals surface area contributed by atoms with Gasteiger partial charge in [-0.15, -0.1) is 0 Å². The fraction of sp³-hybridized carbons (Fsp3) is 0.391. The van der Waals surface area contributed by atoms with Crippen LogP contribution in [0.5, 0.6) is 0 Å². The highest BCUT2D eigenvalue weighted by Gasteiger charge is 2.23. The Morgan fingerprint density at radius 2 is 1.48 bits per heavy atom. The Hall–Kier alpha value is -1.90. The first-order valence-electron chi connectivity index (χ1n) is 9.62. The predicted molar refractivity (Wildman–Crippen MR) is 106 cm³/mol. The quantitative estimate of drug-likeness (QED) is 0.774. The molecule has 130 valence electrons. The van der Waals surface area contributed by atoms with Gasteiger partial charge in [0.05, 0.1) is 0 Å². The molecule has 0 spiro atoms. The zero-order chi connectivity index (χ0) is 16.9. The van der Waals surface area contributed by atoms with Crippen LogP contribution < -0.4 is 0 Å². The second-order valence-corrected chi connectivity index (χ2v) is 7.41. The third-order valence-corrected chi connectivity index (χ3v) is 5.37. The van der Waals surface area contributed by atoms with Crippen molar-refractivity contribution in [2.75, 3.05) is 32.7 Å². The fourth-order valence-corrected chi connectivity index (χ4v) is 3.60. The molecule has 2 nitrogen and oxygen atoms in total. The van der Waals surface area contributed by atoms with Gasteiger partial charge in [-0.2, -0.15) is 0 Å². The third kappa shape index (κ3) is 4.81. The minimum absolute atomic E-state index is 0.863. The van der Waals surface area contributed by atoms with Crippen molar-refractivity contribution in [3.8, 4) is 0 Å². The van der Waals surface area contributed by atoms with Crippen LogP contribution in [0.15, 0.2) is 60.7 Å². The van der Waals surface area contributed by atoms with E-state index in [2.05, 4.69) is 76.5 Å². The van der Waals surface area contributed by atoms with Gasteiger partial charge in [-0.1, -0.05) is 66.7 Å². The molecule has 1 saturated carbocycles. The van der Waals surface area contributed by atoms with Crippen LogP contribution in [0, 0.1) is 0 Å². The number of piperazine rings is 1. The molecule has 2 fully saturated rings. The molecule has 0 radical (unpaired) electrons. The molecule has 1 aliphatic heterocycles. The van der Waals surface area contributed by atoms with Crippen LogP contribution in [0.1, 0.15) is 35.4 Å². The van der Waals surface area contributed by atoms with Gasteiger partial charge in [0.2, 0.25) is 0 Å². The summed E-state index contributed by atoms with van der Waals surface area (Å²) >= 11 is 0. The molecule has 2 aromatic carbocycles. The van der Waals surface area contributed by atoms with Crippen molar-refractivity contribution in [3.05, 3.63) is 77.4 Å². The van der Waals surface area contributed by atoms with Crippen LogP contribution in [-0.4, -0.2) is 42.5 Å². The molecule has 0 unspecified atom stereocenters. The highest BCUT2D eigenvalue weighted by Crippen LogP contribution is 2.39. The van der Waals surface area contributed by atoms with E-state index in [4.69, 9.17) is 0 Å². The lowest BCUT2D eigenvalue weighted by atomic mass is 10.1. The molecule has 25 heavy (non-hydrogen) atoms. The van der Waals surface area contributed by atoms with E-state index in [1.165, 1.54) is 50.1 Å². The Labute approximate surface area is 151 Å². The van der Waals surface area contributed by atoms with Crippen LogP contribution in [0.3, 0.4) is 0 Å². The topological polar surface area (TPSA) is 6.48 Å². The summed E-state index contributed by atoms with van der Waals surface area (Å²) in [6.07, 6.45) is 7.30. The van der Waals surface area contributed by atoms with Gasteiger partial charge in [0.15, 0.2) is 0 Å². The summed E-state index contributed by atoms with van der Waals surface area (Å²) in [6, 6.07) is 19.9. The zero-order valence-electron chi connectivity index (χ0n) is 15.0. The van der Waals surface area contributed by atoms with E-state index in [1.54, 1.807) is 5.56 Å². The Morgan fingerprint density at radius 1 is 0.800 bits per heavy atom. The van der Waals surface area contributed by atoms with Gasteiger partial charge < -0.3 is 0 Å². The van der Waals surface area contributed by atoms with Gasteiger partial charge in [0.1, 0.15) is 0 Å². The number of hydrogen-bond acceptors (Lipinski definition) is 2. The van der Waals surface area contributed by atoms with E-state index >= 15 is 0 Å². The predicted octanol–water partition coefficient (Wildman–Crippen LogP) is 4.40. The summed E-state index contributed by atoms with van der Waals surface area (Å²) in [6.45, 7) is 6.82. The molecular formula is C23H28N2. The van der Waals surface area contributed by atoms with Gasteiger partial charge >= 0.3 is 0 Å². The van der Waals surface area contributed by atoms with Gasteiger partial charge in [-0.25, -0.2) is 0 Å². The van der Waals surface area contributed by atoms with Crippen LogP contribution in [0.2, 0.25) is 0 Å². The SMILES string of the molecule is C(=C\c1ccccc1)/CN1CCN(Cc2ccc(C3CC3)cc2)CC1. The highest BCUT2D eigenvalue weighted by atomic mass is 15.3. The summed E-state index contributed by atoms with van der Waals surface area (Å²) < 4.78 is 0. The lowest BCUT2D eigenvalue weighted by Gasteiger charge is -2.34. The zero-order valence-corrected chi connectivity index (χ0v) is 15.0. The molecule has 0 amide bonds. The van der Waals surface area contributed by atoms with Crippen molar-refractivity contribution in [3.63, 3.8) is 0 Å². The standard InChI is InChI=1S/C23H28N2/c1-2-5-20(6-3-1)7-4-14-24-15-17-25(18-16-24)19-21-8-10-22(11-9-21)23-12-13-23/h1-11,23H,12-19H2/b7-4+. The number of hydrogen-bond donors (Lipinski definition) is 0. The summed E-state index contributed by atoms with van der Waals surface area (Å²) in [7, 11) is 0. The molecule has 1 heterocycles.